The third-order valence-corrected chi connectivity index (χ3v) is 6.20. The van der Waals surface area contributed by atoms with Crippen LogP contribution in [0.15, 0.2) is 46.2 Å². The van der Waals surface area contributed by atoms with E-state index >= 15 is 0 Å². The van der Waals surface area contributed by atoms with Gasteiger partial charge in [0.1, 0.15) is 10.3 Å². The molecule has 2 heterocycles. The minimum atomic E-state index is -3.86. The first-order valence-electron chi connectivity index (χ1n) is 6.10. The van der Waals surface area contributed by atoms with E-state index in [0.717, 1.165) is 15.6 Å². The Balaban J connectivity index is 2.40. The Kier molecular flexibility index (Phi) is 4.71. The van der Waals surface area contributed by atoms with Crippen molar-refractivity contribution in [1.29, 1.82) is 0 Å². The van der Waals surface area contributed by atoms with Crippen LogP contribution < -0.4 is 0 Å². The number of nitrogens with zero attached hydrogens (tertiary/aromatic N) is 2. The summed E-state index contributed by atoms with van der Waals surface area (Å²) in [4.78, 5) is 15.1. The van der Waals surface area contributed by atoms with E-state index in [0.29, 0.717) is 5.56 Å². The number of thiophene rings is 1. The number of carboxylic acids is 1. The average molecular weight is 326 g/mol. The van der Waals surface area contributed by atoms with E-state index in [1.54, 1.807) is 29.8 Å². The van der Waals surface area contributed by atoms with Gasteiger partial charge in [0.25, 0.3) is 10.0 Å². The van der Waals surface area contributed by atoms with Gasteiger partial charge in [-0.1, -0.05) is 12.1 Å². The highest BCUT2D eigenvalue weighted by Crippen LogP contribution is 2.24. The Morgan fingerprint density at radius 3 is 2.71 bits per heavy atom. The van der Waals surface area contributed by atoms with Gasteiger partial charge in [0.15, 0.2) is 0 Å². The first-order chi connectivity index (χ1) is 9.93. The molecule has 0 fully saturated rings. The topological polar surface area (TPSA) is 87.6 Å². The van der Waals surface area contributed by atoms with Gasteiger partial charge in [-0.05, 0) is 30.0 Å². The summed E-state index contributed by atoms with van der Waals surface area (Å²) in [5, 5.41) is 10.8. The number of pyridine rings is 1. The minimum Gasteiger partial charge on any atom is -0.480 e. The molecule has 2 aromatic heterocycles. The lowest BCUT2D eigenvalue weighted by atomic mass is 10.2. The predicted octanol–water partition coefficient (Wildman–Crippen LogP) is 1.81. The molecule has 0 radical (unpaired) electrons. The van der Waals surface area contributed by atoms with Crippen LogP contribution in [0.1, 0.15) is 12.5 Å². The Morgan fingerprint density at radius 2 is 2.19 bits per heavy atom. The maximum Gasteiger partial charge on any atom is 0.321 e. The second-order valence-electron chi connectivity index (χ2n) is 4.36. The lowest BCUT2D eigenvalue weighted by molar-refractivity contribution is -0.141. The fraction of sp³-hybridized carbons (Fsp3) is 0.231. The lowest BCUT2D eigenvalue weighted by Crippen LogP contribution is -2.42. The van der Waals surface area contributed by atoms with Gasteiger partial charge in [0.2, 0.25) is 0 Å². The first-order valence-corrected chi connectivity index (χ1v) is 8.42. The first kappa shape index (κ1) is 15.6. The summed E-state index contributed by atoms with van der Waals surface area (Å²) in [6, 6.07) is 5.29. The smallest absolute Gasteiger partial charge is 0.321 e. The number of sulfonamides is 1. The molecule has 21 heavy (non-hydrogen) atoms. The zero-order chi connectivity index (χ0) is 15.5. The average Bonchev–Trinajstić information content (AvgIpc) is 3.00. The number of carbonyl (C=O) groups is 1. The molecule has 1 unspecified atom stereocenters. The van der Waals surface area contributed by atoms with Crippen molar-refractivity contribution in [3.63, 3.8) is 0 Å². The molecule has 6 nitrogen and oxygen atoms in total. The van der Waals surface area contributed by atoms with Crippen molar-refractivity contribution in [2.45, 2.75) is 23.7 Å². The molecule has 0 aromatic carbocycles. The van der Waals surface area contributed by atoms with Crippen LogP contribution in [0.25, 0.3) is 0 Å². The molecule has 0 saturated heterocycles. The van der Waals surface area contributed by atoms with Crippen LogP contribution in [0, 0.1) is 0 Å². The lowest BCUT2D eigenvalue weighted by Gasteiger charge is -2.25. The van der Waals surface area contributed by atoms with E-state index in [1.807, 2.05) is 0 Å². The molecule has 0 aliphatic heterocycles. The summed E-state index contributed by atoms with van der Waals surface area (Å²) >= 11 is 1.06. The van der Waals surface area contributed by atoms with Gasteiger partial charge in [-0.2, -0.15) is 4.31 Å². The molecule has 8 heteroatoms. The van der Waals surface area contributed by atoms with Gasteiger partial charge in [-0.15, -0.1) is 11.3 Å². The normalized spacial score (nSPS) is 13.2. The molecule has 0 aliphatic rings. The van der Waals surface area contributed by atoms with Crippen molar-refractivity contribution in [2.75, 3.05) is 0 Å². The largest absolute Gasteiger partial charge is 0.480 e. The zero-order valence-electron chi connectivity index (χ0n) is 11.2. The minimum absolute atomic E-state index is 0.0401. The van der Waals surface area contributed by atoms with Gasteiger partial charge in [0.05, 0.1) is 0 Å². The molecule has 0 spiro atoms. The number of carboxylic acid groups (broad SMARTS) is 1. The monoisotopic (exact) mass is 326 g/mol. The van der Waals surface area contributed by atoms with E-state index in [1.165, 1.54) is 19.2 Å². The van der Waals surface area contributed by atoms with Crippen molar-refractivity contribution in [3.8, 4) is 0 Å². The van der Waals surface area contributed by atoms with Crippen LogP contribution in [-0.2, 0) is 21.4 Å². The molecule has 2 aromatic rings. The molecule has 1 atom stereocenters. The Hall–Kier alpha value is -1.77. The Bertz CT molecular complexity index is 699. The van der Waals surface area contributed by atoms with Gasteiger partial charge >= 0.3 is 5.97 Å². The van der Waals surface area contributed by atoms with E-state index in [9.17, 15) is 18.3 Å². The predicted molar refractivity (Wildman–Crippen MR) is 78.4 cm³/mol. The SMILES string of the molecule is CC(C(=O)O)N(Cc1cccnc1)S(=O)(=O)c1cccs1. The van der Waals surface area contributed by atoms with E-state index < -0.39 is 22.0 Å². The van der Waals surface area contributed by atoms with Crippen LogP contribution in [0.5, 0.6) is 0 Å². The highest BCUT2D eigenvalue weighted by molar-refractivity contribution is 7.91. The Morgan fingerprint density at radius 1 is 1.43 bits per heavy atom. The summed E-state index contributed by atoms with van der Waals surface area (Å²) in [6.07, 6.45) is 3.09. The molecule has 1 N–H and O–H groups in total. The summed E-state index contributed by atoms with van der Waals surface area (Å²) in [5.41, 5.74) is 0.630. The van der Waals surface area contributed by atoms with Crippen molar-refractivity contribution in [1.82, 2.24) is 9.29 Å². The fourth-order valence-electron chi connectivity index (χ4n) is 1.75. The van der Waals surface area contributed by atoms with Gasteiger partial charge in [0, 0.05) is 18.9 Å². The standard InChI is InChI=1S/C13H14N2O4S2/c1-10(13(16)17)15(9-11-4-2-6-14-8-11)21(18,19)12-5-3-7-20-12/h2-8,10H,9H2,1H3,(H,16,17). The van der Waals surface area contributed by atoms with E-state index in [2.05, 4.69) is 4.98 Å². The molecule has 112 valence electrons. The van der Waals surface area contributed by atoms with Gasteiger partial charge in [-0.25, -0.2) is 8.42 Å². The molecular formula is C13H14N2O4S2. The molecule has 0 aliphatic carbocycles. The maximum atomic E-state index is 12.6. The van der Waals surface area contributed by atoms with E-state index in [4.69, 9.17) is 0 Å². The second-order valence-corrected chi connectivity index (χ2v) is 7.42. The number of hydrogen-bond donors (Lipinski definition) is 1. The second kappa shape index (κ2) is 6.33. The zero-order valence-corrected chi connectivity index (χ0v) is 12.8. The third-order valence-electron chi connectivity index (χ3n) is 2.91. The number of hydrogen-bond acceptors (Lipinski definition) is 5. The van der Waals surface area contributed by atoms with Crippen LogP contribution in [0.4, 0.5) is 0 Å². The maximum absolute atomic E-state index is 12.6. The van der Waals surface area contributed by atoms with Crippen LogP contribution >= 0.6 is 11.3 Å². The fourth-order valence-corrected chi connectivity index (χ4v) is 4.45. The number of aliphatic carboxylic acids is 1. The summed E-state index contributed by atoms with van der Waals surface area (Å²) in [6.45, 7) is 1.31. The molecular weight excluding hydrogens is 312 g/mol. The van der Waals surface area contributed by atoms with Gasteiger partial charge in [-0.3, -0.25) is 9.78 Å². The third kappa shape index (κ3) is 3.46. The van der Waals surface area contributed by atoms with Crippen molar-refractivity contribution < 1.29 is 18.3 Å². The quantitative estimate of drug-likeness (QED) is 0.874. The van der Waals surface area contributed by atoms with Crippen molar-refractivity contribution >= 4 is 27.3 Å². The van der Waals surface area contributed by atoms with Crippen LogP contribution in [0.2, 0.25) is 0 Å². The molecule has 0 saturated carbocycles. The van der Waals surface area contributed by atoms with Crippen molar-refractivity contribution in [2.24, 2.45) is 0 Å². The van der Waals surface area contributed by atoms with Crippen LogP contribution in [-0.4, -0.2) is 34.8 Å². The number of aromatic nitrogens is 1. The summed E-state index contributed by atoms with van der Waals surface area (Å²) in [7, 11) is -3.86. The van der Waals surface area contributed by atoms with E-state index in [-0.39, 0.29) is 10.8 Å². The summed E-state index contributed by atoms with van der Waals surface area (Å²) < 4.78 is 26.3. The Labute approximate surface area is 126 Å². The van der Waals surface area contributed by atoms with Crippen molar-refractivity contribution in [3.05, 3.63) is 47.6 Å². The summed E-state index contributed by atoms with van der Waals surface area (Å²) in [5.74, 6) is -1.20. The molecule has 0 bridgehead atoms. The van der Waals surface area contributed by atoms with Crippen LogP contribution in [0.3, 0.4) is 0 Å². The number of rotatable bonds is 6. The molecule has 0 amide bonds. The highest BCUT2D eigenvalue weighted by Gasteiger charge is 2.33. The van der Waals surface area contributed by atoms with Gasteiger partial charge < -0.3 is 5.11 Å². The highest BCUT2D eigenvalue weighted by atomic mass is 32.2. The molecule has 2 rings (SSSR count).